The van der Waals surface area contributed by atoms with Crippen LogP contribution in [0.25, 0.3) is 26.9 Å². The van der Waals surface area contributed by atoms with Crippen LogP contribution in [0, 0.1) is 5.92 Å². The van der Waals surface area contributed by atoms with Crippen molar-refractivity contribution in [2.45, 2.75) is 25.6 Å². The van der Waals surface area contributed by atoms with Gasteiger partial charge in [0.1, 0.15) is 12.1 Å². The first-order valence-corrected chi connectivity index (χ1v) is 13.0. The van der Waals surface area contributed by atoms with Crippen LogP contribution in [-0.2, 0) is 17.5 Å². The fourth-order valence-electron chi connectivity index (χ4n) is 4.71. The molecule has 1 saturated heterocycles. The van der Waals surface area contributed by atoms with Crippen molar-refractivity contribution in [3.05, 3.63) is 71.6 Å². The average molecular weight is 538 g/mol. The molecule has 1 fully saturated rings. The first kappa shape index (κ1) is 24.3. The van der Waals surface area contributed by atoms with Crippen LogP contribution in [0.1, 0.15) is 24.1 Å². The van der Waals surface area contributed by atoms with Gasteiger partial charge in [-0.25, -0.2) is 14.6 Å². The van der Waals surface area contributed by atoms with Gasteiger partial charge in [0.05, 0.1) is 45.0 Å². The zero-order chi connectivity index (χ0) is 26.3. The highest BCUT2D eigenvalue weighted by Crippen LogP contribution is 2.31. The molecular weight excluding hydrogens is 515 g/mol. The number of carbonyl (C=O) groups excluding carboxylic acids is 1. The number of amides is 1. The molecule has 1 aromatic carbocycles. The monoisotopic (exact) mass is 537 g/mol. The highest BCUT2D eigenvalue weighted by molar-refractivity contribution is 7.17. The summed E-state index contributed by atoms with van der Waals surface area (Å²) in [7, 11) is 0. The van der Waals surface area contributed by atoms with Crippen molar-refractivity contribution in [1.82, 2.24) is 30.0 Å². The van der Waals surface area contributed by atoms with Gasteiger partial charge in [0.15, 0.2) is 5.65 Å². The van der Waals surface area contributed by atoms with E-state index >= 15 is 0 Å². The number of fused-ring (bicyclic) bond motifs is 2. The molecule has 4 aromatic heterocycles. The molecule has 1 atom stereocenters. The summed E-state index contributed by atoms with van der Waals surface area (Å²) in [4.78, 5) is 28.4. The second-order valence-electron chi connectivity index (χ2n) is 9.16. The predicted octanol–water partition coefficient (Wildman–Crippen LogP) is 4.98. The van der Waals surface area contributed by atoms with E-state index in [9.17, 15) is 18.0 Å². The number of pyridine rings is 1. The Kier molecular flexibility index (Phi) is 6.18. The Morgan fingerprint density at radius 1 is 1.11 bits per heavy atom. The van der Waals surface area contributed by atoms with Crippen molar-refractivity contribution in [3.63, 3.8) is 0 Å². The van der Waals surface area contributed by atoms with Gasteiger partial charge in [-0.05, 0) is 60.7 Å². The number of hydrogen-bond donors (Lipinski definition) is 1. The summed E-state index contributed by atoms with van der Waals surface area (Å²) >= 11 is 1.63. The Labute approximate surface area is 219 Å². The van der Waals surface area contributed by atoms with Gasteiger partial charge < -0.3 is 10.2 Å². The van der Waals surface area contributed by atoms with Crippen molar-refractivity contribution in [2.24, 2.45) is 5.92 Å². The van der Waals surface area contributed by atoms with Crippen molar-refractivity contribution in [3.8, 4) is 5.69 Å². The Balaban J connectivity index is 1.17. The third-order valence-electron chi connectivity index (χ3n) is 6.65. The Hall–Kier alpha value is -4.06. The van der Waals surface area contributed by atoms with Crippen molar-refractivity contribution in [1.29, 1.82) is 0 Å². The number of halogens is 3. The predicted molar refractivity (Wildman–Crippen MR) is 138 cm³/mol. The molecule has 0 bridgehead atoms. The molecule has 1 aliphatic rings. The summed E-state index contributed by atoms with van der Waals surface area (Å²) in [5, 5.41) is 10.1. The van der Waals surface area contributed by atoms with E-state index in [1.807, 2.05) is 28.5 Å². The number of carbonyl (C=O) groups is 1. The molecule has 0 aliphatic carbocycles. The van der Waals surface area contributed by atoms with E-state index in [1.165, 1.54) is 23.1 Å². The standard InChI is InChI=1S/C26H22F3N7OS/c27-26(28,29)17-3-6-19(7-4-17)36-14-20-23(34-36)31-15-32-24(20)35-10-1-2-16(13-35)25(37)30-12-18-5-8-22-21(33-18)9-11-38-22/h3-9,11,14-16H,1-2,10,12-13H2,(H,30,37). The first-order valence-electron chi connectivity index (χ1n) is 12.1. The van der Waals surface area contributed by atoms with Gasteiger partial charge in [-0.15, -0.1) is 16.4 Å². The Morgan fingerprint density at radius 2 is 1.95 bits per heavy atom. The maximum absolute atomic E-state index is 13.0. The van der Waals surface area contributed by atoms with Gasteiger partial charge in [0, 0.05) is 19.3 Å². The smallest absolute Gasteiger partial charge is 0.355 e. The minimum atomic E-state index is -4.41. The van der Waals surface area contributed by atoms with Crippen molar-refractivity contribution < 1.29 is 18.0 Å². The molecular formula is C26H22F3N7OS. The lowest BCUT2D eigenvalue weighted by molar-refractivity contribution is -0.137. The number of nitrogens with zero attached hydrogens (tertiary/aromatic N) is 6. The molecule has 8 nitrogen and oxygen atoms in total. The summed E-state index contributed by atoms with van der Waals surface area (Å²) in [5.41, 5.74) is 1.92. The van der Waals surface area contributed by atoms with Crippen molar-refractivity contribution >= 4 is 44.3 Å². The fraction of sp³-hybridized carbons (Fsp3) is 0.269. The van der Waals surface area contributed by atoms with E-state index < -0.39 is 11.7 Å². The molecule has 1 amide bonds. The Bertz CT molecular complexity index is 1610. The van der Waals surface area contributed by atoms with E-state index in [0.717, 1.165) is 47.4 Å². The van der Waals surface area contributed by atoms with Crippen LogP contribution in [0.15, 0.2) is 60.4 Å². The molecule has 5 aromatic rings. The van der Waals surface area contributed by atoms with E-state index in [1.54, 1.807) is 17.5 Å². The summed E-state index contributed by atoms with van der Waals surface area (Å²) in [6.45, 7) is 1.57. The average Bonchev–Trinajstić information content (AvgIpc) is 3.58. The third-order valence-corrected chi connectivity index (χ3v) is 7.53. The summed E-state index contributed by atoms with van der Waals surface area (Å²) in [6, 6.07) is 10.7. The molecule has 38 heavy (non-hydrogen) atoms. The van der Waals surface area contributed by atoms with Crippen LogP contribution in [-0.4, -0.2) is 43.7 Å². The SMILES string of the molecule is O=C(NCc1ccc2sccc2n1)C1CCCN(c2ncnc3nn(-c4ccc(C(F)(F)F)cc4)cc23)C1. The lowest BCUT2D eigenvalue weighted by Gasteiger charge is -2.33. The molecule has 0 spiro atoms. The minimum Gasteiger partial charge on any atom is -0.355 e. The highest BCUT2D eigenvalue weighted by Gasteiger charge is 2.30. The van der Waals surface area contributed by atoms with Gasteiger partial charge in [-0.1, -0.05) is 0 Å². The van der Waals surface area contributed by atoms with E-state index in [-0.39, 0.29) is 11.8 Å². The van der Waals surface area contributed by atoms with Crippen LogP contribution in [0.2, 0.25) is 0 Å². The summed E-state index contributed by atoms with van der Waals surface area (Å²) < 4.78 is 41.4. The second kappa shape index (κ2) is 9.67. The summed E-state index contributed by atoms with van der Waals surface area (Å²) in [5.74, 6) is 0.395. The van der Waals surface area contributed by atoms with Crippen LogP contribution in [0.5, 0.6) is 0 Å². The lowest BCUT2D eigenvalue weighted by atomic mass is 9.97. The highest BCUT2D eigenvalue weighted by atomic mass is 32.1. The fourth-order valence-corrected chi connectivity index (χ4v) is 5.44. The first-order chi connectivity index (χ1) is 18.3. The van der Waals surface area contributed by atoms with Gasteiger partial charge in [-0.3, -0.25) is 9.78 Å². The number of benzene rings is 1. The third kappa shape index (κ3) is 4.78. The zero-order valence-electron chi connectivity index (χ0n) is 20.0. The normalized spacial score (nSPS) is 16.3. The number of rotatable bonds is 5. The molecule has 12 heteroatoms. The quantitative estimate of drug-likeness (QED) is 0.340. The molecule has 194 valence electrons. The number of hydrogen-bond acceptors (Lipinski definition) is 7. The molecule has 0 saturated carbocycles. The molecule has 1 unspecified atom stereocenters. The van der Waals surface area contributed by atoms with E-state index in [2.05, 4.69) is 25.4 Å². The molecule has 5 heterocycles. The van der Waals surface area contributed by atoms with Crippen molar-refractivity contribution in [2.75, 3.05) is 18.0 Å². The number of nitrogens with one attached hydrogen (secondary N) is 1. The van der Waals surface area contributed by atoms with E-state index in [4.69, 9.17) is 0 Å². The van der Waals surface area contributed by atoms with Crippen LogP contribution >= 0.6 is 11.3 Å². The molecule has 1 aliphatic heterocycles. The summed E-state index contributed by atoms with van der Waals surface area (Å²) in [6.07, 6.45) is 0.298. The Morgan fingerprint density at radius 3 is 2.76 bits per heavy atom. The largest absolute Gasteiger partial charge is 0.416 e. The number of thiophene rings is 1. The lowest BCUT2D eigenvalue weighted by Crippen LogP contribution is -2.43. The number of aromatic nitrogens is 5. The molecule has 1 N–H and O–H groups in total. The van der Waals surface area contributed by atoms with Gasteiger partial charge in [0.2, 0.25) is 5.91 Å². The van der Waals surface area contributed by atoms with Crippen LogP contribution in [0.4, 0.5) is 19.0 Å². The number of alkyl halides is 3. The van der Waals surface area contributed by atoms with Gasteiger partial charge in [0.25, 0.3) is 0 Å². The maximum atomic E-state index is 13.0. The molecule has 6 rings (SSSR count). The van der Waals surface area contributed by atoms with Crippen LogP contribution < -0.4 is 10.2 Å². The topological polar surface area (TPSA) is 88.8 Å². The zero-order valence-corrected chi connectivity index (χ0v) is 20.8. The second-order valence-corrected chi connectivity index (χ2v) is 10.1. The minimum absolute atomic E-state index is 0.0346. The molecule has 0 radical (unpaired) electrons. The van der Waals surface area contributed by atoms with E-state index in [0.29, 0.717) is 35.6 Å². The van der Waals surface area contributed by atoms with Gasteiger partial charge in [-0.2, -0.15) is 13.2 Å². The number of piperidine rings is 1. The maximum Gasteiger partial charge on any atom is 0.416 e. The van der Waals surface area contributed by atoms with Gasteiger partial charge >= 0.3 is 6.18 Å². The number of anilines is 1. The van der Waals surface area contributed by atoms with Crippen LogP contribution in [0.3, 0.4) is 0 Å².